The maximum atomic E-state index is 6.24. The van der Waals surface area contributed by atoms with Crippen molar-refractivity contribution in [2.75, 3.05) is 26.2 Å². The summed E-state index contributed by atoms with van der Waals surface area (Å²) in [7, 11) is 0. The lowest BCUT2D eigenvalue weighted by atomic mass is 9.94. The number of hydrogen-bond donors (Lipinski definition) is 1. The van der Waals surface area contributed by atoms with E-state index in [0.29, 0.717) is 6.04 Å². The molecule has 2 aliphatic rings. The van der Waals surface area contributed by atoms with E-state index in [1.165, 1.54) is 45.3 Å². The van der Waals surface area contributed by atoms with Gasteiger partial charge in [0.1, 0.15) is 0 Å². The van der Waals surface area contributed by atoms with Gasteiger partial charge in [0.25, 0.3) is 0 Å². The van der Waals surface area contributed by atoms with Gasteiger partial charge in [0.05, 0.1) is 0 Å². The minimum absolute atomic E-state index is 0.264. The first-order valence-corrected chi connectivity index (χ1v) is 8.19. The minimum Gasteiger partial charge on any atom is -0.329 e. The Balaban J connectivity index is 2.04. The maximum Gasteiger partial charge on any atom is 0.0473 e. The third-order valence-electron chi connectivity index (χ3n) is 5.02. The van der Waals surface area contributed by atoms with Crippen LogP contribution in [0.25, 0.3) is 0 Å². The first-order chi connectivity index (χ1) is 8.98. The van der Waals surface area contributed by atoms with Crippen LogP contribution in [0, 0.1) is 5.92 Å². The van der Waals surface area contributed by atoms with Gasteiger partial charge in [-0.05, 0) is 52.0 Å². The summed E-state index contributed by atoms with van der Waals surface area (Å²) in [5.74, 6) is 0.790. The molecule has 1 unspecified atom stereocenters. The molecule has 1 saturated heterocycles. The van der Waals surface area contributed by atoms with Crippen molar-refractivity contribution in [2.45, 2.75) is 71.0 Å². The molecule has 1 atom stereocenters. The monoisotopic (exact) mass is 267 g/mol. The van der Waals surface area contributed by atoms with Gasteiger partial charge in [-0.15, -0.1) is 0 Å². The van der Waals surface area contributed by atoms with Crippen LogP contribution in [-0.4, -0.2) is 53.6 Å². The van der Waals surface area contributed by atoms with E-state index in [2.05, 4.69) is 37.5 Å². The lowest BCUT2D eigenvalue weighted by Crippen LogP contribution is -2.57. The van der Waals surface area contributed by atoms with Gasteiger partial charge in [-0.25, -0.2) is 0 Å². The van der Waals surface area contributed by atoms with Crippen LogP contribution in [0.15, 0.2) is 0 Å². The van der Waals surface area contributed by atoms with Gasteiger partial charge in [0.15, 0.2) is 0 Å². The Morgan fingerprint density at radius 1 is 1.26 bits per heavy atom. The van der Waals surface area contributed by atoms with Crippen molar-refractivity contribution in [1.29, 1.82) is 0 Å². The normalized spacial score (nSPS) is 29.1. The topological polar surface area (TPSA) is 32.5 Å². The molecule has 0 aromatic heterocycles. The Morgan fingerprint density at radius 2 is 1.95 bits per heavy atom. The molecule has 0 radical (unpaired) electrons. The lowest BCUT2D eigenvalue weighted by Gasteiger charge is -2.42. The summed E-state index contributed by atoms with van der Waals surface area (Å²) in [6.45, 7) is 13.7. The summed E-state index contributed by atoms with van der Waals surface area (Å²) < 4.78 is 0. The fourth-order valence-corrected chi connectivity index (χ4v) is 3.44. The van der Waals surface area contributed by atoms with Gasteiger partial charge >= 0.3 is 0 Å². The van der Waals surface area contributed by atoms with Gasteiger partial charge in [0.2, 0.25) is 0 Å². The molecule has 1 heterocycles. The molecule has 0 spiro atoms. The van der Waals surface area contributed by atoms with E-state index in [1.54, 1.807) is 0 Å². The van der Waals surface area contributed by atoms with Crippen molar-refractivity contribution >= 4 is 0 Å². The average molecular weight is 267 g/mol. The fourth-order valence-electron chi connectivity index (χ4n) is 3.44. The van der Waals surface area contributed by atoms with Gasteiger partial charge in [-0.2, -0.15) is 0 Å². The van der Waals surface area contributed by atoms with Gasteiger partial charge < -0.3 is 5.73 Å². The Bertz CT molecular complexity index is 286. The molecule has 3 nitrogen and oxygen atoms in total. The smallest absolute Gasteiger partial charge is 0.0473 e. The summed E-state index contributed by atoms with van der Waals surface area (Å²) in [5.41, 5.74) is 6.50. The van der Waals surface area contributed by atoms with Crippen LogP contribution in [0.4, 0.5) is 0 Å². The number of nitrogens with two attached hydrogens (primary N) is 1. The Labute approximate surface area is 119 Å². The lowest BCUT2D eigenvalue weighted by molar-refractivity contribution is 0.0803. The summed E-state index contributed by atoms with van der Waals surface area (Å²) in [5, 5.41) is 0. The van der Waals surface area contributed by atoms with E-state index in [9.17, 15) is 0 Å². The fraction of sp³-hybridized carbons (Fsp3) is 1.00. The Morgan fingerprint density at radius 3 is 2.37 bits per heavy atom. The Kier molecular flexibility index (Phi) is 4.91. The standard InChI is InChI=1S/C16H33N3/c1-13(2)7-9-19(15-5-6-15)16(11-17)8-10-18(12-16)14(3)4/h13-15H,5-12,17H2,1-4H3. The molecule has 1 aliphatic carbocycles. The average Bonchev–Trinajstić information content (AvgIpc) is 3.07. The van der Waals surface area contributed by atoms with Crippen molar-refractivity contribution in [3.8, 4) is 0 Å². The van der Waals surface area contributed by atoms with Crippen LogP contribution in [0.2, 0.25) is 0 Å². The van der Waals surface area contributed by atoms with Gasteiger partial charge in [-0.3, -0.25) is 9.80 Å². The zero-order chi connectivity index (χ0) is 14.0. The highest BCUT2D eigenvalue weighted by Gasteiger charge is 2.47. The van der Waals surface area contributed by atoms with Crippen LogP contribution < -0.4 is 5.73 Å². The number of nitrogens with zero attached hydrogens (tertiary/aromatic N) is 2. The van der Waals surface area contributed by atoms with Crippen molar-refractivity contribution in [3.63, 3.8) is 0 Å². The Hall–Kier alpha value is -0.120. The highest BCUT2D eigenvalue weighted by molar-refractivity contribution is 5.05. The number of likely N-dealkylation sites (tertiary alicyclic amines) is 1. The van der Waals surface area contributed by atoms with Crippen LogP contribution >= 0.6 is 0 Å². The molecule has 2 N–H and O–H groups in total. The summed E-state index contributed by atoms with van der Waals surface area (Å²) in [6.07, 6.45) is 5.35. The van der Waals surface area contributed by atoms with E-state index in [0.717, 1.165) is 18.5 Å². The molecular weight excluding hydrogens is 234 g/mol. The molecule has 0 amide bonds. The zero-order valence-electron chi connectivity index (χ0n) is 13.4. The highest BCUT2D eigenvalue weighted by atomic mass is 15.3. The molecule has 19 heavy (non-hydrogen) atoms. The third-order valence-corrected chi connectivity index (χ3v) is 5.02. The van der Waals surface area contributed by atoms with Crippen molar-refractivity contribution in [2.24, 2.45) is 11.7 Å². The van der Waals surface area contributed by atoms with E-state index < -0.39 is 0 Å². The van der Waals surface area contributed by atoms with Crippen LogP contribution in [-0.2, 0) is 0 Å². The number of hydrogen-bond acceptors (Lipinski definition) is 3. The molecule has 1 saturated carbocycles. The maximum absolute atomic E-state index is 6.24. The highest BCUT2D eigenvalue weighted by Crippen LogP contribution is 2.38. The third kappa shape index (κ3) is 3.50. The number of rotatable bonds is 7. The van der Waals surface area contributed by atoms with E-state index in [4.69, 9.17) is 5.73 Å². The van der Waals surface area contributed by atoms with Crippen molar-refractivity contribution in [1.82, 2.24) is 9.80 Å². The zero-order valence-corrected chi connectivity index (χ0v) is 13.4. The predicted octanol–water partition coefficient (Wildman–Crippen LogP) is 2.31. The second kappa shape index (κ2) is 6.11. The second-order valence-corrected chi connectivity index (χ2v) is 7.35. The van der Waals surface area contributed by atoms with E-state index in [-0.39, 0.29) is 5.54 Å². The van der Waals surface area contributed by atoms with Crippen molar-refractivity contribution < 1.29 is 0 Å². The molecule has 0 aromatic rings. The molecule has 0 aromatic carbocycles. The molecule has 3 heteroatoms. The molecular formula is C16H33N3. The summed E-state index contributed by atoms with van der Waals surface area (Å²) in [4.78, 5) is 5.40. The predicted molar refractivity (Wildman–Crippen MR) is 82.3 cm³/mol. The van der Waals surface area contributed by atoms with Crippen LogP contribution in [0.5, 0.6) is 0 Å². The van der Waals surface area contributed by atoms with Gasteiger partial charge in [0, 0.05) is 37.3 Å². The SMILES string of the molecule is CC(C)CCN(C1CC1)C1(CN)CCN(C(C)C)C1. The largest absolute Gasteiger partial charge is 0.329 e. The van der Waals surface area contributed by atoms with Gasteiger partial charge in [-0.1, -0.05) is 13.8 Å². The quantitative estimate of drug-likeness (QED) is 0.768. The first-order valence-electron chi connectivity index (χ1n) is 8.19. The second-order valence-electron chi connectivity index (χ2n) is 7.35. The first kappa shape index (κ1) is 15.3. The summed E-state index contributed by atoms with van der Waals surface area (Å²) >= 11 is 0. The molecule has 0 bridgehead atoms. The van der Waals surface area contributed by atoms with Crippen molar-refractivity contribution in [3.05, 3.63) is 0 Å². The molecule has 112 valence electrons. The van der Waals surface area contributed by atoms with Crippen LogP contribution in [0.1, 0.15) is 53.4 Å². The molecule has 2 rings (SSSR count). The van der Waals surface area contributed by atoms with Crippen LogP contribution in [0.3, 0.4) is 0 Å². The minimum atomic E-state index is 0.264. The summed E-state index contributed by atoms with van der Waals surface area (Å²) in [6, 6.07) is 1.48. The molecule has 1 aliphatic heterocycles. The van der Waals surface area contributed by atoms with E-state index in [1.807, 2.05) is 0 Å². The van der Waals surface area contributed by atoms with E-state index >= 15 is 0 Å². The molecule has 2 fully saturated rings.